The summed E-state index contributed by atoms with van der Waals surface area (Å²) < 4.78 is 0. The minimum absolute atomic E-state index is 0.532. The third-order valence-corrected chi connectivity index (χ3v) is 0.727. The van der Waals surface area contributed by atoms with E-state index in [-0.39, 0.29) is 0 Å². The summed E-state index contributed by atoms with van der Waals surface area (Å²) in [4.78, 5) is 4.63. The Morgan fingerprint density at radius 1 is 2.00 bits per heavy atom. The van der Waals surface area contributed by atoms with E-state index in [1.807, 2.05) is 0 Å². The van der Waals surface area contributed by atoms with Crippen molar-refractivity contribution in [3.05, 3.63) is 0 Å². The second-order valence-corrected chi connectivity index (χ2v) is 1.53. The summed E-state index contributed by atoms with van der Waals surface area (Å²) in [5.74, 6) is 0.532. The molecule has 0 aromatic carbocycles. The Balaban J connectivity index is 2.38. The van der Waals surface area contributed by atoms with E-state index in [0.29, 0.717) is 5.82 Å². The van der Waals surface area contributed by atoms with Crippen LogP contribution < -0.4 is 0 Å². The number of nitrogens with zero attached hydrogens (tertiary/aromatic N) is 1. The summed E-state index contributed by atoms with van der Waals surface area (Å²) in [6.45, 7) is 2.83. The summed E-state index contributed by atoms with van der Waals surface area (Å²) in [6.07, 6.45) is 0. The van der Waals surface area contributed by atoms with Crippen molar-refractivity contribution in [3.8, 4) is 0 Å². The van der Waals surface area contributed by atoms with Crippen LogP contribution in [0.4, 0.5) is 0 Å². The first kappa shape index (κ1) is 3.84. The fourth-order valence-corrected chi connectivity index (χ4v) is 0.351. The first-order chi connectivity index (χ1) is 2.89. The van der Waals surface area contributed by atoms with E-state index in [1.165, 1.54) is 0 Å². The van der Waals surface area contributed by atoms with E-state index in [9.17, 15) is 0 Å². The molecule has 0 N–H and O–H groups in total. The summed E-state index contributed by atoms with van der Waals surface area (Å²) in [5, 5.41) is 3.54. The van der Waals surface area contributed by atoms with Crippen molar-refractivity contribution in [2.75, 3.05) is 6.61 Å². The molecule has 1 rings (SSSR count). The molecule has 1 aliphatic rings. The van der Waals surface area contributed by atoms with Crippen LogP contribution >= 0.6 is 0 Å². The molecule has 1 aliphatic heterocycles. The molecule has 0 saturated heterocycles. The van der Waals surface area contributed by atoms with Crippen molar-refractivity contribution < 1.29 is 4.84 Å². The third kappa shape index (κ3) is 0.586. The number of hydrogen-bond acceptors (Lipinski definition) is 2. The van der Waals surface area contributed by atoms with Crippen molar-refractivity contribution in [1.82, 2.24) is 0 Å². The van der Waals surface area contributed by atoms with Gasteiger partial charge in [-0.05, 0) is 0 Å². The van der Waals surface area contributed by atoms with Crippen LogP contribution in [0.15, 0.2) is 5.06 Å². The molecule has 0 radical (unpaired) electrons. The zero-order valence-electron chi connectivity index (χ0n) is 3.72. The Morgan fingerprint density at radius 2 is 2.83 bits per heavy atom. The van der Waals surface area contributed by atoms with Crippen LogP contribution in [0.1, 0.15) is 6.92 Å². The predicted octanol–water partition coefficient (Wildman–Crippen LogP) is 0.628. The zero-order valence-corrected chi connectivity index (χ0v) is 3.72. The molecule has 2 nitrogen and oxygen atoms in total. The first-order valence-electron chi connectivity index (χ1n) is 2.05. The van der Waals surface area contributed by atoms with Crippen molar-refractivity contribution in [3.63, 3.8) is 0 Å². The van der Waals surface area contributed by atoms with E-state index >= 15 is 0 Å². The fraction of sp³-hybridized carbons (Fsp3) is 1.00. The van der Waals surface area contributed by atoms with Gasteiger partial charge in [0.1, 0.15) is 0 Å². The predicted molar refractivity (Wildman–Crippen MR) is 23.6 cm³/mol. The van der Waals surface area contributed by atoms with Crippen LogP contribution in [0.3, 0.4) is 0 Å². The molecule has 0 aromatic heterocycles. The standard InChI is InChI=1S/C3H6BNO/c1-3-2-6-5-4-3/h3H,2H2,1H3. The minimum atomic E-state index is 0.532. The molecule has 0 fully saturated rings. The molecule has 3 heteroatoms. The SMILES string of the molecule is CC1B=NOC1. The van der Waals surface area contributed by atoms with Gasteiger partial charge < -0.3 is 0 Å². The number of hydrogen-bond donors (Lipinski definition) is 0. The van der Waals surface area contributed by atoms with Crippen LogP contribution in [-0.2, 0) is 4.84 Å². The van der Waals surface area contributed by atoms with E-state index < -0.39 is 0 Å². The second-order valence-electron chi connectivity index (χ2n) is 1.53. The second kappa shape index (κ2) is 1.41. The van der Waals surface area contributed by atoms with Crippen molar-refractivity contribution >= 4 is 7.07 Å². The maximum absolute atomic E-state index is 4.63. The summed E-state index contributed by atoms with van der Waals surface area (Å²) >= 11 is 0. The topological polar surface area (TPSA) is 21.6 Å². The quantitative estimate of drug-likeness (QED) is 0.393. The van der Waals surface area contributed by atoms with Gasteiger partial charge in [0.05, 0.1) is 0 Å². The van der Waals surface area contributed by atoms with Crippen LogP contribution in [0.5, 0.6) is 0 Å². The Hall–Kier alpha value is -0.335. The van der Waals surface area contributed by atoms with Gasteiger partial charge in [-0.1, -0.05) is 0 Å². The third-order valence-electron chi connectivity index (χ3n) is 0.727. The van der Waals surface area contributed by atoms with Gasteiger partial charge in [-0.2, -0.15) is 0 Å². The van der Waals surface area contributed by atoms with Gasteiger partial charge in [0.2, 0.25) is 0 Å². The number of rotatable bonds is 0. The molecule has 1 heterocycles. The van der Waals surface area contributed by atoms with Gasteiger partial charge in [0, 0.05) is 0 Å². The average molecular weight is 82.9 g/mol. The van der Waals surface area contributed by atoms with E-state index in [1.54, 1.807) is 7.07 Å². The van der Waals surface area contributed by atoms with Gasteiger partial charge in [-0.15, -0.1) is 0 Å². The monoisotopic (exact) mass is 83.1 g/mol. The molecule has 0 aromatic rings. The van der Waals surface area contributed by atoms with Crippen molar-refractivity contribution in [2.45, 2.75) is 12.7 Å². The van der Waals surface area contributed by atoms with Crippen molar-refractivity contribution in [2.24, 2.45) is 5.06 Å². The molecular formula is C3H6BNO. The molecule has 6 heavy (non-hydrogen) atoms. The Bertz CT molecular complexity index is 73.2. The van der Waals surface area contributed by atoms with Gasteiger partial charge in [0.25, 0.3) is 0 Å². The maximum atomic E-state index is 4.63. The molecule has 0 saturated carbocycles. The van der Waals surface area contributed by atoms with E-state index in [0.717, 1.165) is 6.61 Å². The molecule has 0 aliphatic carbocycles. The molecular weight excluding hydrogens is 76.9 g/mol. The molecule has 0 bridgehead atoms. The van der Waals surface area contributed by atoms with Crippen LogP contribution in [0.25, 0.3) is 0 Å². The molecule has 32 valence electrons. The summed E-state index contributed by atoms with van der Waals surface area (Å²) in [6, 6.07) is 0. The van der Waals surface area contributed by atoms with Crippen molar-refractivity contribution in [1.29, 1.82) is 0 Å². The zero-order chi connectivity index (χ0) is 4.41. The van der Waals surface area contributed by atoms with Crippen LogP contribution in [0.2, 0.25) is 5.82 Å². The average Bonchev–Trinajstić information content (AvgIpc) is 1.86. The normalized spacial score (nSPS) is 29.2. The van der Waals surface area contributed by atoms with Gasteiger partial charge in [0.15, 0.2) is 0 Å². The molecule has 1 atom stereocenters. The first-order valence-corrected chi connectivity index (χ1v) is 2.05. The Kier molecular flexibility index (Phi) is 0.903. The molecule has 0 spiro atoms. The van der Waals surface area contributed by atoms with Gasteiger partial charge >= 0.3 is 36.3 Å². The Labute approximate surface area is 37.4 Å². The summed E-state index contributed by atoms with van der Waals surface area (Å²) in [7, 11) is 1.81. The van der Waals surface area contributed by atoms with Crippen LogP contribution in [-0.4, -0.2) is 13.7 Å². The van der Waals surface area contributed by atoms with E-state index in [4.69, 9.17) is 0 Å². The molecule has 1 unspecified atom stereocenters. The Morgan fingerprint density at radius 3 is 3.00 bits per heavy atom. The van der Waals surface area contributed by atoms with Gasteiger partial charge in [-0.25, -0.2) is 0 Å². The molecule has 0 amide bonds. The van der Waals surface area contributed by atoms with E-state index in [2.05, 4.69) is 16.8 Å². The fourth-order valence-electron chi connectivity index (χ4n) is 0.351. The van der Waals surface area contributed by atoms with Crippen LogP contribution in [0, 0.1) is 0 Å². The summed E-state index contributed by atoms with van der Waals surface area (Å²) in [5.41, 5.74) is 0. The van der Waals surface area contributed by atoms with Gasteiger partial charge in [-0.3, -0.25) is 0 Å².